The number of hydrogen-bond donors (Lipinski definition) is 0. The topological polar surface area (TPSA) is 52.8 Å². The third-order valence-corrected chi connectivity index (χ3v) is 6.64. The molecule has 0 saturated carbocycles. The van der Waals surface area contributed by atoms with Crippen LogP contribution < -0.4 is 0 Å². The summed E-state index contributed by atoms with van der Waals surface area (Å²) in [6, 6.07) is 5.15. The Morgan fingerprint density at radius 3 is 2.59 bits per heavy atom. The van der Waals surface area contributed by atoms with Crippen LogP contribution in [0.4, 0.5) is 4.79 Å². The van der Waals surface area contributed by atoms with E-state index in [2.05, 4.69) is 18.8 Å². The summed E-state index contributed by atoms with van der Waals surface area (Å²) in [5, 5.41) is 1.02. The number of urea groups is 1. The molecule has 1 unspecified atom stereocenters. The Balaban J connectivity index is 2.00. The van der Waals surface area contributed by atoms with Crippen LogP contribution in [0.15, 0.2) is 33.7 Å². The molecule has 1 atom stereocenters. The van der Waals surface area contributed by atoms with E-state index in [9.17, 15) is 9.59 Å². The van der Waals surface area contributed by atoms with Crippen molar-refractivity contribution in [1.29, 1.82) is 0 Å². The van der Waals surface area contributed by atoms with Crippen molar-refractivity contribution < 1.29 is 14.2 Å². The number of benzene rings is 1. The Hall–Kier alpha value is -1.63. The number of rotatable bonds is 4. The number of halogens is 2. The molecule has 1 aromatic rings. The fourth-order valence-electron chi connectivity index (χ4n) is 3.06. The number of aliphatic imine (C=N–C) groups is 1. The van der Waals surface area contributed by atoms with Gasteiger partial charge in [0, 0.05) is 16.2 Å². The van der Waals surface area contributed by atoms with Gasteiger partial charge < -0.3 is 0 Å². The highest BCUT2D eigenvalue weighted by Gasteiger charge is 2.48. The number of hydrogen-bond acceptors (Lipinski definition) is 4. The Morgan fingerprint density at radius 1 is 1.26 bits per heavy atom. The maximum atomic E-state index is 12.9. The first-order valence-electron chi connectivity index (χ1n) is 8.49. The number of carbonyl (C=O) groups is 2. The molecule has 0 aliphatic carbocycles. The molecule has 1 aromatic carbocycles. The number of amides is 3. The van der Waals surface area contributed by atoms with E-state index in [0.29, 0.717) is 21.6 Å². The number of carbonyl (C=O) groups excluding carboxylic acids is 2. The summed E-state index contributed by atoms with van der Waals surface area (Å²) < 4.78 is 1.44. The van der Waals surface area contributed by atoms with Crippen molar-refractivity contribution in [3.05, 3.63) is 44.3 Å². The van der Waals surface area contributed by atoms with E-state index in [4.69, 9.17) is 23.2 Å². The summed E-state index contributed by atoms with van der Waals surface area (Å²) in [4.78, 5) is 31.7. The second-order valence-corrected chi connectivity index (χ2v) is 8.63. The van der Waals surface area contributed by atoms with Gasteiger partial charge in [0.05, 0.1) is 24.1 Å². The Morgan fingerprint density at radius 2 is 1.96 bits per heavy atom. The number of allylic oxidation sites excluding steroid dienone is 1. The van der Waals surface area contributed by atoms with Crippen LogP contribution in [0.3, 0.4) is 0 Å². The van der Waals surface area contributed by atoms with Crippen LogP contribution in [0, 0.1) is 11.8 Å². The third kappa shape index (κ3) is 3.71. The van der Waals surface area contributed by atoms with Gasteiger partial charge in [0.1, 0.15) is 6.21 Å². The van der Waals surface area contributed by atoms with E-state index in [-0.39, 0.29) is 17.9 Å². The smallest absolute Gasteiger partial charge is 0.255 e. The van der Waals surface area contributed by atoms with Crippen LogP contribution in [0.5, 0.6) is 0 Å². The summed E-state index contributed by atoms with van der Waals surface area (Å²) in [6.07, 6.45) is 1.77. The van der Waals surface area contributed by atoms with E-state index in [1.165, 1.54) is 11.6 Å². The molecule has 2 aliphatic rings. The van der Waals surface area contributed by atoms with Crippen LogP contribution in [-0.2, 0) is 10.5 Å². The Kier molecular flexibility index (Phi) is 5.79. The number of amidine groups is 1. The minimum Gasteiger partial charge on any atom is -0.255 e. The van der Waals surface area contributed by atoms with Crippen molar-refractivity contribution in [2.75, 3.05) is 14.1 Å². The maximum absolute atomic E-state index is 12.9. The van der Waals surface area contributed by atoms with Gasteiger partial charge in [0.15, 0.2) is 5.92 Å². The van der Waals surface area contributed by atoms with E-state index < -0.39 is 5.92 Å². The molecule has 0 spiro atoms. The van der Waals surface area contributed by atoms with Crippen LogP contribution in [0.2, 0.25) is 10.0 Å². The second-order valence-electron chi connectivity index (χ2n) is 6.80. The fraction of sp³-hybridized carbons (Fsp3) is 0.368. The highest BCUT2D eigenvalue weighted by atomic mass is 35.5. The highest BCUT2D eigenvalue weighted by molar-refractivity contribution is 8.02. The van der Waals surface area contributed by atoms with Gasteiger partial charge in [0.25, 0.3) is 5.84 Å². The molecule has 0 aromatic heterocycles. The van der Waals surface area contributed by atoms with Gasteiger partial charge in [-0.25, -0.2) is 4.79 Å². The van der Waals surface area contributed by atoms with Crippen LogP contribution >= 0.6 is 35.0 Å². The summed E-state index contributed by atoms with van der Waals surface area (Å²) in [6.45, 7) is 4.13. The largest absolute Gasteiger partial charge is 0.445 e. The molecule has 2 heterocycles. The zero-order chi connectivity index (χ0) is 19.9. The number of imide groups is 1. The standard InChI is InChI=1S/C19H20Cl2N3O2S/c1-10(2)12-8-22-17-15(18(25)24(4)19(26)23(17)3)16(12)27-9-11-5-6-13(20)14(21)7-11/h5-8,10,15H,9H2,1-4H3/q+1. The third-order valence-electron chi connectivity index (χ3n) is 4.64. The molecule has 3 rings (SSSR count). The van der Waals surface area contributed by atoms with Crippen molar-refractivity contribution in [3.63, 3.8) is 0 Å². The van der Waals surface area contributed by atoms with Gasteiger partial charge in [-0.2, -0.15) is 9.48 Å². The monoisotopic (exact) mass is 424 g/mol. The van der Waals surface area contributed by atoms with Crippen LogP contribution in [0.25, 0.3) is 0 Å². The van der Waals surface area contributed by atoms with Crippen molar-refractivity contribution in [2.24, 2.45) is 16.8 Å². The molecule has 8 heteroatoms. The van der Waals surface area contributed by atoms with Crippen LogP contribution in [0.1, 0.15) is 19.4 Å². The lowest BCUT2D eigenvalue weighted by molar-refractivity contribution is -0.407. The second kappa shape index (κ2) is 7.78. The average Bonchev–Trinajstić information content (AvgIpc) is 2.64. The predicted octanol–water partition coefficient (Wildman–Crippen LogP) is 4.47. The molecule has 27 heavy (non-hydrogen) atoms. The van der Waals surface area contributed by atoms with Gasteiger partial charge in [0.2, 0.25) is 0 Å². The van der Waals surface area contributed by atoms with Gasteiger partial charge in [-0.1, -0.05) is 43.1 Å². The summed E-state index contributed by atoms with van der Waals surface area (Å²) in [5.74, 6) is 0.499. The van der Waals surface area contributed by atoms with Crippen LogP contribution in [-0.4, -0.2) is 47.6 Å². The molecular weight excluding hydrogens is 405 g/mol. The maximum Gasteiger partial charge on any atom is 0.445 e. The summed E-state index contributed by atoms with van der Waals surface area (Å²) >= 11 is 13.7. The van der Waals surface area contributed by atoms with Crippen molar-refractivity contribution in [2.45, 2.75) is 19.6 Å². The zero-order valence-electron chi connectivity index (χ0n) is 15.5. The zero-order valence-corrected chi connectivity index (χ0v) is 17.8. The normalized spacial score (nSPS) is 20.1. The SMILES string of the molecule is CC(C)C1=C(SCc2ccc(Cl)c(Cl)c2)C2C(=O)N(C)C(=O)[N+](C)=C2N=C1. The first-order valence-corrected chi connectivity index (χ1v) is 10.2. The number of fused-ring (bicyclic) bond motifs is 1. The Bertz CT molecular complexity index is 922. The first kappa shape index (κ1) is 20.1. The van der Waals surface area contributed by atoms with Gasteiger partial charge in [-0.3, -0.25) is 4.79 Å². The molecule has 2 aliphatic heterocycles. The van der Waals surface area contributed by atoms with E-state index >= 15 is 0 Å². The van der Waals surface area contributed by atoms with E-state index in [0.717, 1.165) is 20.9 Å². The molecule has 0 fully saturated rings. The average molecular weight is 425 g/mol. The molecular formula is C19H20Cl2N3O2S+. The first-order chi connectivity index (χ1) is 12.7. The van der Waals surface area contributed by atoms with Gasteiger partial charge in [-0.05, 0) is 23.6 Å². The summed E-state index contributed by atoms with van der Waals surface area (Å²) in [5.41, 5.74) is 2.02. The van der Waals surface area contributed by atoms with Crippen molar-refractivity contribution >= 4 is 59.0 Å². The lowest BCUT2D eigenvalue weighted by Crippen LogP contribution is -2.52. The Labute approximate surface area is 172 Å². The molecule has 5 nitrogen and oxygen atoms in total. The molecule has 3 amide bonds. The highest BCUT2D eigenvalue weighted by Crippen LogP contribution is 2.39. The molecule has 0 N–H and O–H groups in total. The lowest BCUT2D eigenvalue weighted by atomic mass is 9.93. The number of nitrogens with zero attached hydrogens (tertiary/aromatic N) is 3. The predicted molar refractivity (Wildman–Crippen MR) is 111 cm³/mol. The molecule has 142 valence electrons. The quantitative estimate of drug-likeness (QED) is 0.669. The molecule has 0 radical (unpaired) electrons. The molecule has 0 saturated heterocycles. The van der Waals surface area contributed by atoms with Gasteiger partial charge in [-0.15, -0.1) is 16.8 Å². The number of dihydropyridines is 1. The van der Waals surface area contributed by atoms with Crippen molar-refractivity contribution in [1.82, 2.24) is 4.90 Å². The van der Waals surface area contributed by atoms with E-state index in [1.807, 2.05) is 12.1 Å². The minimum atomic E-state index is -0.562. The number of thioether (sulfide) groups is 1. The minimum absolute atomic E-state index is 0.202. The lowest BCUT2D eigenvalue weighted by Gasteiger charge is -2.29. The summed E-state index contributed by atoms with van der Waals surface area (Å²) in [7, 11) is 3.15. The fourth-order valence-corrected chi connectivity index (χ4v) is 4.71. The molecule has 0 bridgehead atoms. The van der Waals surface area contributed by atoms with Gasteiger partial charge >= 0.3 is 11.9 Å². The van der Waals surface area contributed by atoms with E-state index in [1.54, 1.807) is 31.1 Å². The van der Waals surface area contributed by atoms with Crippen molar-refractivity contribution in [3.8, 4) is 0 Å².